The summed E-state index contributed by atoms with van der Waals surface area (Å²) in [5.41, 5.74) is -1.73. The first-order valence-electron chi connectivity index (χ1n) is 8.67. The molecule has 8 nitrogen and oxygen atoms in total. The Labute approximate surface area is 147 Å². The van der Waals surface area contributed by atoms with E-state index in [0.717, 1.165) is 0 Å². The van der Waals surface area contributed by atoms with Gasteiger partial charge in [-0.3, -0.25) is 9.69 Å². The molecule has 142 valence electrons. The van der Waals surface area contributed by atoms with E-state index in [0.29, 0.717) is 6.42 Å². The van der Waals surface area contributed by atoms with E-state index in [9.17, 15) is 19.5 Å². The highest BCUT2D eigenvalue weighted by molar-refractivity contribution is 5.94. The van der Waals surface area contributed by atoms with E-state index in [1.807, 2.05) is 6.92 Å². The van der Waals surface area contributed by atoms with Gasteiger partial charge in [-0.25, -0.2) is 9.59 Å². The maximum absolute atomic E-state index is 12.7. The van der Waals surface area contributed by atoms with E-state index in [1.54, 1.807) is 27.7 Å². The minimum Gasteiger partial charge on any atom is -0.464 e. The van der Waals surface area contributed by atoms with Crippen LogP contribution in [0.25, 0.3) is 0 Å². The third-order valence-corrected chi connectivity index (χ3v) is 4.50. The maximum atomic E-state index is 12.7. The Balaban J connectivity index is 2.09. The largest absolute Gasteiger partial charge is 0.464 e. The number of nitrogens with one attached hydrogen (secondary N) is 1. The quantitative estimate of drug-likeness (QED) is 0.723. The Hall–Kier alpha value is -1.83. The highest BCUT2D eigenvalue weighted by Crippen LogP contribution is 2.44. The first-order chi connectivity index (χ1) is 11.5. The van der Waals surface area contributed by atoms with Gasteiger partial charge >= 0.3 is 12.1 Å². The first kappa shape index (κ1) is 19.5. The minimum atomic E-state index is -1.03. The molecule has 0 aromatic heterocycles. The molecule has 0 aromatic rings. The predicted molar refractivity (Wildman–Crippen MR) is 88.6 cm³/mol. The molecule has 1 saturated heterocycles. The number of aliphatic hydroxyl groups is 1. The Morgan fingerprint density at radius 1 is 1.32 bits per heavy atom. The number of hydrogen-bond donors (Lipinski definition) is 2. The highest BCUT2D eigenvalue weighted by Gasteiger charge is 2.60. The number of esters is 1. The van der Waals surface area contributed by atoms with Gasteiger partial charge in [-0.2, -0.15) is 0 Å². The van der Waals surface area contributed by atoms with Crippen molar-refractivity contribution >= 4 is 18.0 Å². The summed E-state index contributed by atoms with van der Waals surface area (Å²) in [7, 11) is 0. The van der Waals surface area contributed by atoms with Gasteiger partial charge in [0.2, 0.25) is 5.91 Å². The molecule has 1 heterocycles. The summed E-state index contributed by atoms with van der Waals surface area (Å²) in [5.74, 6) is -0.963. The van der Waals surface area contributed by atoms with Gasteiger partial charge in [-0.15, -0.1) is 0 Å². The van der Waals surface area contributed by atoms with Crippen LogP contribution in [0.4, 0.5) is 4.79 Å². The number of amides is 2. The standard InChI is InChI=1S/C17H28N2O6/c1-6-24-14(22)17(8-10(17)2)18-13(21)12-7-11(20)9-19(12)15(23)25-16(3,4)5/h10-12,20H,6-9H2,1-5H3,(H,18,21)/t10?,11-,12+,17-/m1/s1. The lowest BCUT2D eigenvalue weighted by Crippen LogP contribution is -2.53. The third kappa shape index (κ3) is 4.23. The molecule has 0 bridgehead atoms. The summed E-state index contributed by atoms with van der Waals surface area (Å²) in [5, 5.41) is 12.6. The smallest absolute Gasteiger partial charge is 0.411 e. The van der Waals surface area contributed by atoms with Crippen LogP contribution in [0.3, 0.4) is 0 Å². The van der Waals surface area contributed by atoms with E-state index in [2.05, 4.69) is 5.32 Å². The number of likely N-dealkylation sites (tertiary alicyclic amines) is 1. The van der Waals surface area contributed by atoms with E-state index in [-0.39, 0.29) is 25.5 Å². The second-order valence-electron chi connectivity index (χ2n) is 7.82. The van der Waals surface area contributed by atoms with Crippen molar-refractivity contribution < 1.29 is 29.0 Å². The molecule has 2 aliphatic rings. The number of ether oxygens (including phenoxy) is 2. The monoisotopic (exact) mass is 356 g/mol. The number of carbonyl (C=O) groups excluding carboxylic acids is 3. The van der Waals surface area contributed by atoms with E-state index in [1.165, 1.54) is 4.90 Å². The van der Waals surface area contributed by atoms with Crippen LogP contribution >= 0.6 is 0 Å². The van der Waals surface area contributed by atoms with Gasteiger partial charge in [0, 0.05) is 6.42 Å². The zero-order chi connectivity index (χ0) is 19.0. The lowest BCUT2D eigenvalue weighted by atomic mass is 10.1. The van der Waals surface area contributed by atoms with Crippen LogP contribution in [0.15, 0.2) is 0 Å². The fourth-order valence-electron chi connectivity index (χ4n) is 3.08. The molecule has 0 spiro atoms. The van der Waals surface area contributed by atoms with E-state index in [4.69, 9.17) is 9.47 Å². The summed E-state index contributed by atoms with van der Waals surface area (Å²) in [4.78, 5) is 38.4. The zero-order valence-corrected chi connectivity index (χ0v) is 15.5. The Bertz CT molecular complexity index is 558. The Kier molecular flexibility index (Phi) is 5.32. The van der Waals surface area contributed by atoms with Crippen molar-refractivity contribution in [1.29, 1.82) is 0 Å². The highest BCUT2D eigenvalue weighted by atomic mass is 16.6. The van der Waals surface area contributed by atoms with Gasteiger partial charge in [0.05, 0.1) is 19.3 Å². The van der Waals surface area contributed by atoms with Gasteiger partial charge in [-0.05, 0) is 40.0 Å². The van der Waals surface area contributed by atoms with Crippen LogP contribution in [0.1, 0.15) is 47.5 Å². The first-order valence-corrected chi connectivity index (χ1v) is 8.67. The fourth-order valence-corrected chi connectivity index (χ4v) is 3.08. The summed E-state index contributed by atoms with van der Waals surface area (Å²) >= 11 is 0. The van der Waals surface area contributed by atoms with Crippen LogP contribution in [-0.2, 0) is 19.1 Å². The number of aliphatic hydroxyl groups excluding tert-OH is 1. The zero-order valence-electron chi connectivity index (χ0n) is 15.5. The number of hydrogen-bond acceptors (Lipinski definition) is 6. The molecule has 1 unspecified atom stereocenters. The Morgan fingerprint density at radius 3 is 2.40 bits per heavy atom. The SMILES string of the molecule is CCOC(=O)[C@@]1(NC(=O)[C@@H]2C[C@@H](O)CN2C(=O)OC(C)(C)C)CC1C. The van der Waals surface area contributed by atoms with Crippen molar-refractivity contribution in [2.45, 2.75) is 70.7 Å². The minimum absolute atomic E-state index is 0.0228. The molecular formula is C17H28N2O6. The lowest BCUT2D eigenvalue weighted by molar-refractivity contribution is -0.149. The van der Waals surface area contributed by atoms with Gasteiger partial charge in [0.25, 0.3) is 0 Å². The number of rotatable bonds is 4. The number of β-amino-alcohol motifs (C(OH)–C–C–N with tert-alkyl or cyclic N) is 1. The summed E-state index contributed by atoms with van der Waals surface area (Å²) in [6.07, 6.45) is -0.853. The van der Waals surface area contributed by atoms with Gasteiger partial charge in [0.15, 0.2) is 0 Å². The molecule has 1 aliphatic carbocycles. The van der Waals surface area contributed by atoms with Gasteiger partial charge in [-0.1, -0.05) is 6.92 Å². The van der Waals surface area contributed by atoms with Crippen molar-refractivity contribution in [2.75, 3.05) is 13.2 Å². The molecule has 8 heteroatoms. The van der Waals surface area contributed by atoms with E-state index >= 15 is 0 Å². The van der Waals surface area contributed by atoms with Crippen molar-refractivity contribution in [1.82, 2.24) is 10.2 Å². The Morgan fingerprint density at radius 2 is 1.92 bits per heavy atom. The predicted octanol–water partition coefficient (Wildman–Crippen LogP) is 0.815. The van der Waals surface area contributed by atoms with Crippen LogP contribution in [0, 0.1) is 5.92 Å². The van der Waals surface area contributed by atoms with Crippen LogP contribution in [-0.4, -0.2) is 64.4 Å². The number of nitrogens with zero attached hydrogens (tertiary/aromatic N) is 1. The molecule has 1 aliphatic heterocycles. The second kappa shape index (κ2) is 6.82. The van der Waals surface area contributed by atoms with Crippen LogP contribution in [0.5, 0.6) is 0 Å². The molecule has 2 fully saturated rings. The summed E-state index contributed by atoms with van der Waals surface area (Å²) in [6, 6.07) is -0.871. The average molecular weight is 356 g/mol. The molecule has 1 saturated carbocycles. The topological polar surface area (TPSA) is 105 Å². The lowest BCUT2D eigenvalue weighted by Gasteiger charge is -2.28. The molecule has 2 N–H and O–H groups in total. The van der Waals surface area contributed by atoms with Crippen molar-refractivity contribution in [2.24, 2.45) is 5.92 Å². The van der Waals surface area contributed by atoms with Crippen molar-refractivity contribution in [3.8, 4) is 0 Å². The summed E-state index contributed by atoms with van der Waals surface area (Å²) < 4.78 is 10.4. The molecular weight excluding hydrogens is 328 g/mol. The third-order valence-electron chi connectivity index (χ3n) is 4.50. The van der Waals surface area contributed by atoms with E-state index < -0.39 is 41.3 Å². The average Bonchev–Trinajstić information content (AvgIpc) is 2.94. The molecule has 25 heavy (non-hydrogen) atoms. The maximum Gasteiger partial charge on any atom is 0.411 e. The molecule has 0 aromatic carbocycles. The van der Waals surface area contributed by atoms with Crippen LogP contribution < -0.4 is 5.32 Å². The van der Waals surface area contributed by atoms with Crippen molar-refractivity contribution in [3.63, 3.8) is 0 Å². The second-order valence-corrected chi connectivity index (χ2v) is 7.82. The number of carbonyl (C=O) groups is 3. The fraction of sp³-hybridized carbons (Fsp3) is 0.824. The van der Waals surface area contributed by atoms with Crippen LogP contribution in [0.2, 0.25) is 0 Å². The van der Waals surface area contributed by atoms with Gasteiger partial charge in [0.1, 0.15) is 17.2 Å². The molecule has 2 rings (SSSR count). The summed E-state index contributed by atoms with van der Waals surface area (Å²) in [6.45, 7) is 9.00. The molecule has 4 atom stereocenters. The normalized spacial score (nSPS) is 31.4. The van der Waals surface area contributed by atoms with Crippen molar-refractivity contribution in [3.05, 3.63) is 0 Å². The molecule has 2 amide bonds. The molecule has 0 radical (unpaired) electrons. The van der Waals surface area contributed by atoms with Gasteiger partial charge < -0.3 is 19.9 Å².